The van der Waals surface area contributed by atoms with Crippen LogP contribution in [0.15, 0.2) is 18.5 Å². The summed E-state index contributed by atoms with van der Waals surface area (Å²) >= 11 is 6.21. The monoisotopic (exact) mass is 281 g/mol. The highest BCUT2D eigenvalue weighted by molar-refractivity contribution is 6.33. The number of anilines is 1. The summed E-state index contributed by atoms with van der Waals surface area (Å²) in [7, 11) is 0. The molecule has 0 radical (unpaired) electrons. The average molecular weight is 282 g/mol. The minimum atomic E-state index is 0.709. The summed E-state index contributed by atoms with van der Waals surface area (Å²) in [6, 6.07) is 2.72. The number of hydrogen-bond donors (Lipinski definition) is 0. The van der Waals surface area contributed by atoms with E-state index in [1.54, 1.807) is 6.20 Å². The first-order valence-electron chi connectivity index (χ1n) is 7.01. The van der Waals surface area contributed by atoms with Gasteiger partial charge in [-0.15, -0.1) is 0 Å². The van der Waals surface area contributed by atoms with Gasteiger partial charge in [0.2, 0.25) is 0 Å². The molecule has 0 N–H and O–H groups in total. The summed E-state index contributed by atoms with van der Waals surface area (Å²) in [5.74, 6) is 0. The molecule has 0 unspecified atom stereocenters. The first-order chi connectivity index (χ1) is 9.34. The molecule has 0 aromatic carbocycles. The van der Waals surface area contributed by atoms with Crippen molar-refractivity contribution in [2.75, 3.05) is 44.3 Å². The van der Waals surface area contributed by atoms with Crippen LogP contribution in [0.3, 0.4) is 0 Å². The van der Waals surface area contributed by atoms with E-state index < -0.39 is 0 Å². The predicted octanol–water partition coefficient (Wildman–Crippen LogP) is 2.04. The van der Waals surface area contributed by atoms with Crippen molar-refractivity contribution in [1.82, 2.24) is 9.88 Å². The first-order valence-corrected chi connectivity index (χ1v) is 7.38. The van der Waals surface area contributed by atoms with Gasteiger partial charge < -0.3 is 9.64 Å². The highest BCUT2D eigenvalue weighted by atomic mass is 35.5. The maximum atomic E-state index is 6.21. The molecule has 4 nitrogen and oxygen atoms in total. The molecule has 1 aromatic heterocycles. The zero-order chi connectivity index (χ0) is 13.1. The molecule has 104 valence electrons. The highest BCUT2D eigenvalue weighted by Gasteiger charge is 2.26. The van der Waals surface area contributed by atoms with E-state index in [-0.39, 0.29) is 0 Å². The zero-order valence-corrected chi connectivity index (χ0v) is 11.9. The Bertz CT molecular complexity index is 415. The Morgan fingerprint density at radius 2 is 1.89 bits per heavy atom. The summed E-state index contributed by atoms with van der Waals surface area (Å²) in [5, 5.41) is 0.757. The van der Waals surface area contributed by atoms with Crippen molar-refractivity contribution in [1.29, 1.82) is 0 Å². The van der Waals surface area contributed by atoms with Crippen molar-refractivity contribution in [3.8, 4) is 0 Å². The van der Waals surface area contributed by atoms with Crippen molar-refractivity contribution in [2.45, 2.75) is 18.9 Å². The molecule has 0 amide bonds. The Kier molecular flexibility index (Phi) is 4.21. The Hall–Kier alpha value is -0.840. The fourth-order valence-corrected chi connectivity index (χ4v) is 3.28. The number of halogens is 1. The lowest BCUT2D eigenvalue weighted by Gasteiger charge is -2.40. The molecule has 5 heteroatoms. The van der Waals surface area contributed by atoms with E-state index in [9.17, 15) is 0 Å². The average Bonchev–Trinajstić information content (AvgIpc) is 2.49. The van der Waals surface area contributed by atoms with Gasteiger partial charge in [-0.05, 0) is 18.9 Å². The smallest absolute Gasteiger partial charge is 0.0822 e. The number of hydrogen-bond acceptors (Lipinski definition) is 4. The van der Waals surface area contributed by atoms with Crippen LogP contribution in [0, 0.1) is 0 Å². The Morgan fingerprint density at radius 1 is 1.16 bits per heavy atom. The molecule has 2 aliphatic heterocycles. The normalized spacial score (nSPS) is 22.7. The summed E-state index contributed by atoms with van der Waals surface area (Å²) in [6.07, 6.45) is 5.96. The number of piperidine rings is 1. The van der Waals surface area contributed by atoms with E-state index in [0.717, 1.165) is 50.1 Å². The van der Waals surface area contributed by atoms with Crippen molar-refractivity contribution in [3.63, 3.8) is 0 Å². The van der Waals surface area contributed by atoms with Crippen molar-refractivity contribution >= 4 is 17.3 Å². The van der Waals surface area contributed by atoms with Crippen molar-refractivity contribution < 1.29 is 4.74 Å². The third-order valence-corrected chi connectivity index (χ3v) is 4.41. The van der Waals surface area contributed by atoms with Crippen molar-refractivity contribution in [2.24, 2.45) is 0 Å². The van der Waals surface area contributed by atoms with Crippen LogP contribution in [-0.4, -0.2) is 55.3 Å². The van der Waals surface area contributed by atoms with Crippen molar-refractivity contribution in [3.05, 3.63) is 23.5 Å². The lowest BCUT2D eigenvalue weighted by molar-refractivity contribution is 0.0115. The molecular formula is C14H20ClN3O. The number of nitrogens with zero attached hydrogens (tertiary/aromatic N) is 3. The molecular weight excluding hydrogens is 262 g/mol. The van der Waals surface area contributed by atoms with Gasteiger partial charge in [0, 0.05) is 44.6 Å². The molecule has 0 atom stereocenters. The number of pyridine rings is 1. The molecule has 2 fully saturated rings. The van der Waals surface area contributed by atoms with E-state index in [1.807, 2.05) is 12.3 Å². The minimum absolute atomic E-state index is 0.709. The van der Waals surface area contributed by atoms with Gasteiger partial charge in [-0.1, -0.05) is 11.6 Å². The molecule has 3 rings (SSSR count). The Morgan fingerprint density at radius 3 is 2.58 bits per heavy atom. The zero-order valence-electron chi connectivity index (χ0n) is 11.1. The van der Waals surface area contributed by atoms with Crippen LogP contribution in [0.2, 0.25) is 5.02 Å². The van der Waals surface area contributed by atoms with Crippen LogP contribution in [0.1, 0.15) is 12.8 Å². The van der Waals surface area contributed by atoms with Crippen LogP contribution < -0.4 is 4.90 Å². The molecule has 0 aliphatic carbocycles. The number of aromatic nitrogens is 1. The van der Waals surface area contributed by atoms with Gasteiger partial charge in [-0.2, -0.15) is 0 Å². The van der Waals surface area contributed by atoms with Crippen LogP contribution in [-0.2, 0) is 4.74 Å². The standard InChI is InChI=1S/C14H20ClN3O/c15-13-11-16-4-1-14(13)18-5-2-12(3-6-18)17-7-9-19-10-8-17/h1,4,11-12H,2-3,5-10H2. The summed E-state index contributed by atoms with van der Waals surface area (Å²) in [4.78, 5) is 9.00. The summed E-state index contributed by atoms with van der Waals surface area (Å²) in [6.45, 7) is 6.09. The molecule has 0 spiro atoms. The van der Waals surface area contributed by atoms with Gasteiger partial charge in [0.25, 0.3) is 0 Å². The summed E-state index contributed by atoms with van der Waals surface area (Å²) in [5.41, 5.74) is 1.12. The van der Waals surface area contributed by atoms with Gasteiger partial charge >= 0.3 is 0 Å². The van der Waals surface area contributed by atoms with Gasteiger partial charge in [0.05, 0.1) is 23.9 Å². The van der Waals surface area contributed by atoms with E-state index in [2.05, 4.69) is 14.8 Å². The lowest BCUT2D eigenvalue weighted by atomic mass is 10.0. The number of rotatable bonds is 2. The van der Waals surface area contributed by atoms with Gasteiger partial charge in [0.15, 0.2) is 0 Å². The number of morpholine rings is 1. The Labute approximate surface area is 119 Å². The minimum Gasteiger partial charge on any atom is -0.379 e. The SMILES string of the molecule is Clc1cnccc1N1CCC(N2CCOCC2)CC1. The second-order valence-electron chi connectivity index (χ2n) is 5.19. The largest absolute Gasteiger partial charge is 0.379 e. The highest BCUT2D eigenvalue weighted by Crippen LogP contribution is 2.28. The Balaban J connectivity index is 1.58. The molecule has 3 heterocycles. The van der Waals surface area contributed by atoms with Crippen LogP contribution >= 0.6 is 11.6 Å². The van der Waals surface area contributed by atoms with Gasteiger partial charge in [-0.25, -0.2) is 0 Å². The topological polar surface area (TPSA) is 28.6 Å². The molecule has 0 bridgehead atoms. The fraction of sp³-hybridized carbons (Fsp3) is 0.643. The molecule has 0 saturated carbocycles. The van der Waals surface area contributed by atoms with Gasteiger partial charge in [0.1, 0.15) is 0 Å². The second kappa shape index (κ2) is 6.07. The van der Waals surface area contributed by atoms with E-state index in [4.69, 9.17) is 16.3 Å². The fourth-order valence-electron chi connectivity index (χ4n) is 3.04. The number of ether oxygens (including phenoxy) is 1. The maximum Gasteiger partial charge on any atom is 0.0822 e. The second-order valence-corrected chi connectivity index (χ2v) is 5.60. The predicted molar refractivity (Wildman–Crippen MR) is 76.9 cm³/mol. The van der Waals surface area contributed by atoms with Crippen LogP contribution in [0.25, 0.3) is 0 Å². The van der Waals surface area contributed by atoms with E-state index in [1.165, 1.54) is 12.8 Å². The third-order valence-electron chi connectivity index (χ3n) is 4.12. The summed E-state index contributed by atoms with van der Waals surface area (Å²) < 4.78 is 5.42. The third kappa shape index (κ3) is 3.02. The molecule has 2 saturated heterocycles. The molecule has 19 heavy (non-hydrogen) atoms. The lowest BCUT2D eigenvalue weighted by Crippen LogP contribution is -2.49. The molecule has 1 aromatic rings. The quantitative estimate of drug-likeness (QED) is 0.829. The van der Waals surface area contributed by atoms with E-state index in [0.29, 0.717) is 6.04 Å². The van der Waals surface area contributed by atoms with Crippen LogP contribution in [0.5, 0.6) is 0 Å². The van der Waals surface area contributed by atoms with E-state index >= 15 is 0 Å². The maximum absolute atomic E-state index is 6.21. The molecule has 2 aliphatic rings. The van der Waals surface area contributed by atoms with Crippen LogP contribution in [0.4, 0.5) is 5.69 Å². The first kappa shape index (κ1) is 13.2. The van der Waals surface area contributed by atoms with Gasteiger partial charge in [-0.3, -0.25) is 9.88 Å².